The van der Waals surface area contributed by atoms with Crippen LogP contribution in [0.4, 0.5) is 5.69 Å². The van der Waals surface area contributed by atoms with Crippen LogP contribution in [-0.2, 0) is 0 Å². The highest BCUT2D eigenvalue weighted by atomic mass is 35.5. The van der Waals surface area contributed by atoms with Gasteiger partial charge in [0, 0.05) is 0 Å². The van der Waals surface area contributed by atoms with E-state index >= 15 is 0 Å². The zero-order chi connectivity index (χ0) is 15.5. The van der Waals surface area contributed by atoms with Crippen molar-refractivity contribution in [3.63, 3.8) is 0 Å². The standard InChI is InChI=1S/C15H14ClN5O/c1-22-12-5-3-11(4-6-12)21-19-13-7-2-10(8-14(13)20-21)18-15(17)9-16/h2-8H,9H2,1H3,(H2,17,18). The quantitative estimate of drug-likeness (QED) is 0.456. The number of aliphatic imine (C=N–C) groups is 1. The first-order chi connectivity index (χ1) is 10.7. The van der Waals surface area contributed by atoms with E-state index in [1.165, 1.54) is 0 Å². The summed E-state index contributed by atoms with van der Waals surface area (Å²) in [6.07, 6.45) is 0. The molecular weight excluding hydrogens is 302 g/mol. The highest BCUT2D eigenvalue weighted by molar-refractivity contribution is 6.28. The summed E-state index contributed by atoms with van der Waals surface area (Å²) in [7, 11) is 1.63. The van der Waals surface area contributed by atoms with Gasteiger partial charge in [-0.25, -0.2) is 4.99 Å². The molecule has 0 aliphatic rings. The largest absolute Gasteiger partial charge is 0.497 e. The molecule has 0 saturated heterocycles. The molecule has 2 N–H and O–H groups in total. The molecule has 0 fully saturated rings. The Bertz CT molecular complexity index is 826. The molecule has 1 heterocycles. The summed E-state index contributed by atoms with van der Waals surface area (Å²) < 4.78 is 5.14. The Morgan fingerprint density at radius 2 is 1.91 bits per heavy atom. The maximum atomic E-state index is 5.64. The van der Waals surface area contributed by atoms with E-state index in [0.717, 1.165) is 22.5 Å². The molecule has 0 atom stereocenters. The molecular formula is C15H14ClN5O. The lowest BCUT2D eigenvalue weighted by Crippen LogP contribution is -2.12. The van der Waals surface area contributed by atoms with Gasteiger partial charge in [0.15, 0.2) is 0 Å². The molecule has 2 aromatic carbocycles. The van der Waals surface area contributed by atoms with Crippen molar-refractivity contribution in [2.75, 3.05) is 13.0 Å². The highest BCUT2D eigenvalue weighted by Crippen LogP contribution is 2.20. The molecule has 3 rings (SSSR count). The molecule has 7 heteroatoms. The van der Waals surface area contributed by atoms with Crippen molar-refractivity contribution in [1.29, 1.82) is 0 Å². The third-order valence-electron chi connectivity index (χ3n) is 3.08. The second kappa shape index (κ2) is 6.03. The molecule has 0 aliphatic heterocycles. The van der Waals surface area contributed by atoms with E-state index in [1.54, 1.807) is 11.9 Å². The van der Waals surface area contributed by atoms with Crippen LogP contribution in [0, 0.1) is 0 Å². The molecule has 22 heavy (non-hydrogen) atoms. The van der Waals surface area contributed by atoms with Gasteiger partial charge < -0.3 is 10.5 Å². The van der Waals surface area contributed by atoms with Gasteiger partial charge in [-0.3, -0.25) is 0 Å². The second-order valence-electron chi connectivity index (χ2n) is 4.60. The van der Waals surface area contributed by atoms with Gasteiger partial charge in [0.1, 0.15) is 22.6 Å². The molecule has 0 aliphatic carbocycles. The summed E-state index contributed by atoms with van der Waals surface area (Å²) in [5.41, 5.74) is 8.70. The minimum atomic E-state index is 0.191. The molecule has 0 saturated carbocycles. The van der Waals surface area contributed by atoms with E-state index in [1.807, 2.05) is 42.5 Å². The van der Waals surface area contributed by atoms with Gasteiger partial charge in [0.2, 0.25) is 0 Å². The average molecular weight is 316 g/mol. The summed E-state index contributed by atoms with van der Waals surface area (Å²) in [5.74, 6) is 1.34. The van der Waals surface area contributed by atoms with Crippen LogP contribution in [0.1, 0.15) is 0 Å². The van der Waals surface area contributed by atoms with Crippen LogP contribution in [0.25, 0.3) is 16.7 Å². The normalized spacial score (nSPS) is 11.8. The third-order valence-corrected chi connectivity index (χ3v) is 3.35. The van der Waals surface area contributed by atoms with E-state index in [9.17, 15) is 0 Å². The van der Waals surface area contributed by atoms with Gasteiger partial charge in [0.25, 0.3) is 0 Å². The zero-order valence-corrected chi connectivity index (χ0v) is 12.7. The Balaban J connectivity index is 1.98. The number of halogens is 1. The number of hydrogen-bond acceptors (Lipinski definition) is 4. The third kappa shape index (κ3) is 2.87. The number of alkyl halides is 1. The number of amidine groups is 1. The number of methoxy groups -OCH3 is 1. The Labute approximate surface area is 132 Å². The summed E-state index contributed by atoms with van der Waals surface area (Å²) in [5, 5.41) is 8.89. The van der Waals surface area contributed by atoms with Crippen LogP contribution in [-0.4, -0.2) is 33.8 Å². The Morgan fingerprint density at radius 3 is 2.59 bits per heavy atom. The fraction of sp³-hybridized carbons (Fsp3) is 0.133. The smallest absolute Gasteiger partial charge is 0.119 e. The molecule has 1 aromatic heterocycles. The van der Waals surface area contributed by atoms with E-state index in [0.29, 0.717) is 11.5 Å². The van der Waals surface area contributed by atoms with Crippen molar-refractivity contribution >= 4 is 34.2 Å². The van der Waals surface area contributed by atoms with Gasteiger partial charge in [-0.2, -0.15) is 4.80 Å². The van der Waals surface area contributed by atoms with Gasteiger partial charge in [-0.05, 0) is 42.5 Å². The number of benzene rings is 2. The van der Waals surface area contributed by atoms with Gasteiger partial charge in [-0.15, -0.1) is 21.8 Å². The summed E-state index contributed by atoms with van der Waals surface area (Å²) in [6, 6.07) is 13.0. The van der Waals surface area contributed by atoms with Crippen LogP contribution < -0.4 is 10.5 Å². The zero-order valence-electron chi connectivity index (χ0n) is 11.9. The Kier molecular flexibility index (Phi) is 3.93. The SMILES string of the molecule is COc1ccc(-n2nc3ccc(N=C(N)CCl)cc3n2)cc1. The maximum absolute atomic E-state index is 5.64. The topological polar surface area (TPSA) is 78.3 Å². The van der Waals surface area contributed by atoms with Crippen molar-refractivity contribution < 1.29 is 4.74 Å². The lowest BCUT2D eigenvalue weighted by Gasteiger charge is -2.01. The number of nitrogens with zero attached hydrogens (tertiary/aromatic N) is 4. The molecule has 3 aromatic rings. The lowest BCUT2D eigenvalue weighted by atomic mass is 10.3. The Morgan fingerprint density at radius 1 is 1.18 bits per heavy atom. The van der Waals surface area contributed by atoms with E-state index < -0.39 is 0 Å². The molecule has 0 unspecified atom stereocenters. The van der Waals surface area contributed by atoms with Crippen LogP contribution in [0.3, 0.4) is 0 Å². The first-order valence-corrected chi connectivity index (χ1v) is 7.13. The predicted molar refractivity (Wildman–Crippen MR) is 87.4 cm³/mol. The monoisotopic (exact) mass is 315 g/mol. The number of rotatable bonds is 4. The molecule has 0 bridgehead atoms. The number of hydrogen-bond donors (Lipinski definition) is 1. The number of fused-ring (bicyclic) bond motifs is 1. The van der Waals surface area contributed by atoms with Gasteiger partial charge >= 0.3 is 0 Å². The first-order valence-electron chi connectivity index (χ1n) is 6.60. The van der Waals surface area contributed by atoms with Crippen molar-refractivity contribution in [3.05, 3.63) is 42.5 Å². The second-order valence-corrected chi connectivity index (χ2v) is 4.86. The van der Waals surface area contributed by atoms with Crippen molar-refractivity contribution in [3.8, 4) is 11.4 Å². The van der Waals surface area contributed by atoms with Crippen molar-refractivity contribution in [1.82, 2.24) is 15.0 Å². The summed E-state index contributed by atoms with van der Waals surface area (Å²) in [6.45, 7) is 0. The van der Waals surface area contributed by atoms with Gasteiger partial charge in [0.05, 0.1) is 24.4 Å². The van der Waals surface area contributed by atoms with Crippen LogP contribution in [0.5, 0.6) is 5.75 Å². The minimum absolute atomic E-state index is 0.191. The number of aromatic nitrogens is 3. The lowest BCUT2D eigenvalue weighted by molar-refractivity contribution is 0.414. The Hall–Kier alpha value is -2.60. The summed E-state index contributed by atoms with van der Waals surface area (Å²) in [4.78, 5) is 5.77. The minimum Gasteiger partial charge on any atom is -0.497 e. The van der Waals surface area contributed by atoms with Crippen LogP contribution in [0.2, 0.25) is 0 Å². The van der Waals surface area contributed by atoms with Crippen molar-refractivity contribution in [2.45, 2.75) is 0 Å². The average Bonchev–Trinajstić information content (AvgIpc) is 2.98. The van der Waals surface area contributed by atoms with Crippen LogP contribution >= 0.6 is 11.6 Å². The number of ether oxygens (including phenoxy) is 1. The number of nitrogens with two attached hydrogens (primary N) is 1. The summed E-state index contributed by atoms with van der Waals surface area (Å²) >= 11 is 5.63. The maximum Gasteiger partial charge on any atom is 0.119 e. The molecule has 112 valence electrons. The van der Waals surface area contributed by atoms with E-state index in [-0.39, 0.29) is 5.88 Å². The molecule has 0 spiro atoms. The fourth-order valence-corrected chi connectivity index (χ4v) is 2.06. The highest BCUT2D eigenvalue weighted by Gasteiger charge is 2.06. The first kappa shape index (κ1) is 14.3. The molecule has 6 nitrogen and oxygen atoms in total. The van der Waals surface area contributed by atoms with Crippen molar-refractivity contribution in [2.24, 2.45) is 10.7 Å². The van der Waals surface area contributed by atoms with E-state index in [2.05, 4.69) is 15.2 Å². The molecule has 0 amide bonds. The van der Waals surface area contributed by atoms with Gasteiger partial charge in [-0.1, -0.05) is 0 Å². The van der Waals surface area contributed by atoms with E-state index in [4.69, 9.17) is 22.1 Å². The van der Waals surface area contributed by atoms with Crippen LogP contribution in [0.15, 0.2) is 47.5 Å². The predicted octanol–water partition coefficient (Wildman–Crippen LogP) is 2.66. The molecule has 0 radical (unpaired) electrons. The fourth-order valence-electron chi connectivity index (χ4n) is 2.00.